The number of halogens is 7. The number of hydrogen-bond donors (Lipinski definition) is 3. The van der Waals surface area contributed by atoms with Gasteiger partial charge in [-0.05, 0) is 226 Å². The van der Waals surface area contributed by atoms with Crippen molar-refractivity contribution in [3.05, 3.63) is 168 Å². The van der Waals surface area contributed by atoms with Crippen molar-refractivity contribution in [2.75, 3.05) is 113 Å². The van der Waals surface area contributed by atoms with Gasteiger partial charge in [0.1, 0.15) is 68.6 Å². The number of benzene rings is 3. The standard InChI is InChI=1S/2C28H32F2N8.C16H13ClF2N4.C12H20N4/c2*1-28(2)10-7-24-34-26-20(29)13-17(14-22(26)38(24)28)25-21(30)16-32-27(35-25)33-23-6-5-19(15-31-23)37-11-8-18(9-12-37)36(3)4;1-16(2)4-3-12-21-14-9(18)5-8(6-11(14)23(12)16)13-10(19)7-20-15(17)22-13;1-15(2)10-5-7-16(8-6-10)11-3-4-12(13)14-9-11/h2*5-6,13-16,18H,7-12H2,1-4H3,(H,31,32,33,35);5-7H,3-4H2,1-2H3;3-4,9-10H,5-8H2,1-2H3,(H2,13,14). The summed E-state index contributed by atoms with van der Waals surface area (Å²) in [5.74, 6) is 1.24. The van der Waals surface area contributed by atoms with E-state index in [9.17, 15) is 17.6 Å². The second kappa shape index (κ2) is 32.2. The molecule has 0 aliphatic carbocycles. The van der Waals surface area contributed by atoms with Crippen molar-refractivity contribution < 1.29 is 26.3 Å². The van der Waals surface area contributed by atoms with Crippen molar-refractivity contribution in [2.45, 2.75) is 153 Å². The second-order valence-electron chi connectivity index (χ2n) is 33.2. The van der Waals surface area contributed by atoms with E-state index in [1.165, 1.54) is 36.7 Å². The van der Waals surface area contributed by atoms with Gasteiger partial charge in [-0.1, -0.05) is 0 Å². The number of nitrogens with two attached hydrogens (primary N) is 1. The van der Waals surface area contributed by atoms with Crippen molar-refractivity contribution in [1.82, 2.24) is 88.2 Å². The number of aryl methyl sites for hydroxylation is 3. The molecular weight excluding hydrogens is 1490 g/mol. The zero-order chi connectivity index (χ0) is 81.1. The van der Waals surface area contributed by atoms with E-state index in [0.717, 1.165) is 157 Å². The molecule has 4 N–H and O–H groups in total. The number of piperidine rings is 3. The van der Waals surface area contributed by atoms with Gasteiger partial charge in [0.15, 0.2) is 34.9 Å². The lowest BCUT2D eigenvalue weighted by Crippen LogP contribution is -2.42. The third-order valence-corrected chi connectivity index (χ3v) is 23.7. The first-order chi connectivity index (χ1) is 54.9. The van der Waals surface area contributed by atoms with Crippen LogP contribution in [-0.2, 0) is 35.9 Å². The first kappa shape index (κ1) is 79.5. The second-order valence-corrected chi connectivity index (χ2v) is 33.5. The molecule has 3 saturated heterocycles. The molecule has 9 aromatic heterocycles. The highest BCUT2D eigenvalue weighted by atomic mass is 35.5. The van der Waals surface area contributed by atoms with Crippen LogP contribution < -0.4 is 31.1 Å². The zero-order valence-electron chi connectivity index (χ0n) is 67.0. The molecule has 0 spiro atoms. The van der Waals surface area contributed by atoms with Crippen LogP contribution in [-0.4, -0.2) is 188 Å². The molecule has 24 nitrogen and oxygen atoms in total. The molecule has 3 aromatic carbocycles. The number of fused-ring (bicyclic) bond motifs is 9. The molecule has 0 saturated carbocycles. The monoisotopic (exact) mass is 1590 g/mol. The maximum atomic E-state index is 15.1. The quantitative estimate of drug-likeness (QED) is 0.0718. The van der Waals surface area contributed by atoms with E-state index >= 15 is 8.78 Å². The summed E-state index contributed by atoms with van der Waals surface area (Å²) >= 11 is 5.74. The Morgan fingerprint density at radius 1 is 0.383 bits per heavy atom. The fraction of sp³-hybridized carbons (Fsp3) is 0.429. The molecule has 12 aromatic rings. The Kier molecular flexibility index (Phi) is 22.3. The molecule has 3 fully saturated rings. The predicted molar refractivity (Wildman–Crippen MR) is 440 cm³/mol. The highest BCUT2D eigenvalue weighted by molar-refractivity contribution is 6.28. The number of anilines is 8. The molecule has 0 radical (unpaired) electrons. The van der Waals surface area contributed by atoms with E-state index in [1.54, 1.807) is 18.2 Å². The first-order valence-corrected chi connectivity index (χ1v) is 39.6. The van der Waals surface area contributed by atoms with E-state index in [0.29, 0.717) is 79.3 Å². The average molecular weight is 1590 g/mol. The Labute approximate surface area is 669 Å². The van der Waals surface area contributed by atoms with E-state index < -0.39 is 34.9 Å². The Morgan fingerprint density at radius 2 is 0.696 bits per heavy atom. The lowest BCUT2D eigenvalue weighted by Gasteiger charge is -2.36. The molecule has 6 aliphatic heterocycles. The summed E-state index contributed by atoms with van der Waals surface area (Å²) in [5.41, 5.74) is 12.3. The van der Waals surface area contributed by atoms with Crippen LogP contribution in [0.5, 0.6) is 0 Å². The van der Waals surface area contributed by atoms with Gasteiger partial charge >= 0.3 is 0 Å². The van der Waals surface area contributed by atoms with E-state index in [-0.39, 0.29) is 50.9 Å². The highest BCUT2D eigenvalue weighted by Crippen LogP contribution is 2.42. The minimum Gasteiger partial charge on any atom is -0.384 e. The summed E-state index contributed by atoms with van der Waals surface area (Å²) in [6.45, 7) is 18.7. The van der Waals surface area contributed by atoms with Gasteiger partial charge in [-0.15, -0.1) is 0 Å². The number of imidazole rings is 3. The van der Waals surface area contributed by atoms with E-state index in [1.807, 2.05) is 53.5 Å². The third-order valence-electron chi connectivity index (χ3n) is 23.5. The Morgan fingerprint density at radius 3 is 1.00 bits per heavy atom. The molecule has 31 heteroatoms. The summed E-state index contributed by atoms with van der Waals surface area (Å²) in [4.78, 5) is 65.0. The molecule has 602 valence electrons. The van der Waals surface area contributed by atoms with Gasteiger partial charge in [0.25, 0.3) is 0 Å². The average Bonchev–Trinajstić information content (AvgIpc) is 1.59. The molecule has 0 bridgehead atoms. The van der Waals surface area contributed by atoms with Crippen LogP contribution in [0.3, 0.4) is 0 Å². The number of nitrogen functional groups attached to an aromatic ring is 1. The zero-order valence-corrected chi connectivity index (χ0v) is 67.7. The molecule has 18 rings (SSSR count). The molecule has 0 unspecified atom stereocenters. The first-order valence-electron chi connectivity index (χ1n) is 39.2. The van der Waals surface area contributed by atoms with Crippen molar-refractivity contribution in [3.63, 3.8) is 0 Å². The SMILES string of the molecule is CC1(C)CCc2nc3c(F)cc(-c4nc(Cl)ncc4F)cc3n21.CN(C)C1CCN(c2ccc(N)nc2)CC1.CN(C)C1CCN(c2ccc(Nc3ncc(F)c(-c4cc(F)c5nc6n(c5c4)C(C)(C)CC6)n3)nc2)CC1.CN(C)C1CCN(c2ccc(Nc3ncc(F)c(-c4cc(F)c5nc6n(c5c4)C(C)(C)CC6)n3)nc2)CC1. The van der Waals surface area contributed by atoms with Gasteiger partial charge in [-0.25, -0.2) is 86.2 Å². The lowest BCUT2D eigenvalue weighted by atomic mass is 10.0. The molecule has 6 aliphatic rings. The summed E-state index contributed by atoms with van der Waals surface area (Å²) in [6, 6.07) is 22.7. The normalized spacial score (nSPS) is 17.2. The van der Waals surface area contributed by atoms with E-state index in [4.69, 9.17) is 17.3 Å². The molecular formula is C84H97ClF6N24. The van der Waals surface area contributed by atoms with Crippen LogP contribution in [0, 0.1) is 34.9 Å². The number of rotatable bonds is 13. The van der Waals surface area contributed by atoms with Crippen LogP contribution >= 0.6 is 11.6 Å². The molecule has 0 atom stereocenters. The topological polar surface area (TPSA) is 239 Å². The van der Waals surface area contributed by atoms with Gasteiger partial charge in [-0.3, -0.25) is 0 Å². The van der Waals surface area contributed by atoms with Gasteiger partial charge in [0.2, 0.25) is 17.2 Å². The fourth-order valence-electron chi connectivity index (χ4n) is 16.9. The molecule has 115 heavy (non-hydrogen) atoms. The van der Waals surface area contributed by atoms with Crippen LogP contribution in [0.1, 0.15) is 117 Å². The number of aromatic nitrogens is 15. The minimum atomic E-state index is -0.645. The predicted octanol–water partition coefficient (Wildman–Crippen LogP) is 15.5. The number of nitrogens with zero attached hydrogens (tertiary/aromatic N) is 21. The number of pyridine rings is 3. The maximum absolute atomic E-state index is 15.1. The fourth-order valence-corrected chi connectivity index (χ4v) is 17.0. The van der Waals surface area contributed by atoms with Crippen LogP contribution in [0.15, 0.2) is 110 Å². The van der Waals surface area contributed by atoms with Crippen molar-refractivity contribution in [2.24, 2.45) is 0 Å². The minimum absolute atomic E-state index is 0.0165. The molecule has 0 amide bonds. The van der Waals surface area contributed by atoms with Crippen LogP contribution in [0.25, 0.3) is 66.9 Å². The highest BCUT2D eigenvalue weighted by Gasteiger charge is 2.37. The van der Waals surface area contributed by atoms with Crippen LogP contribution in [0.4, 0.5) is 72.8 Å². The van der Waals surface area contributed by atoms with Gasteiger partial charge < -0.3 is 59.5 Å². The Bertz CT molecular complexity index is 5300. The smallest absolute Gasteiger partial charge is 0.229 e. The van der Waals surface area contributed by atoms with Crippen molar-refractivity contribution >= 4 is 91.1 Å². The maximum Gasteiger partial charge on any atom is 0.229 e. The van der Waals surface area contributed by atoms with Gasteiger partial charge in [0, 0.05) is 110 Å². The summed E-state index contributed by atoms with van der Waals surface area (Å²) in [7, 11) is 12.8. The van der Waals surface area contributed by atoms with Crippen molar-refractivity contribution in [1.29, 1.82) is 0 Å². The van der Waals surface area contributed by atoms with Crippen molar-refractivity contribution in [3.8, 4) is 33.8 Å². The number of nitrogens with one attached hydrogen (secondary N) is 2. The molecule has 15 heterocycles. The lowest BCUT2D eigenvalue weighted by molar-refractivity contribution is 0.249. The Balaban J connectivity index is 0.000000127. The third kappa shape index (κ3) is 16.7. The van der Waals surface area contributed by atoms with Gasteiger partial charge in [0.05, 0.1) is 70.8 Å². The summed E-state index contributed by atoms with van der Waals surface area (Å²) < 4.78 is 94.6. The van der Waals surface area contributed by atoms with Crippen LogP contribution in [0.2, 0.25) is 5.28 Å². The Hall–Kier alpha value is -10.7. The van der Waals surface area contributed by atoms with E-state index in [2.05, 4.69) is 199 Å². The summed E-state index contributed by atoms with van der Waals surface area (Å²) in [6.07, 6.45) is 20.8. The largest absolute Gasteiger partial charge is 0.384 e. The summed E-state index contributed by atoms with van der Waals surface area (Å²) in [5, 5.41) is 6.03. The number of hydrogen-bond acceptors (Lipinski definition) is 21. The van der Waals surface area contributed by atoms with Gasteiger partial charge in [-0.2, -0.15) is 0 Å².